The van der Waals surface area contributed by atoms with Crippen LogP contribution in [0, 0.1) is 0 Å². The first-order valence-electron chi connectivity index (χ1n) is 6.28. The smallest absolute Gasteiger partial charge is 0.290 e. The van der Waals surface area contributed by atoms with E-state index < -0.39 is 0 Å². The second-order valence-corrected chi connectivity index (χ2v) is 4.50. The highest BCUT2D eigenvalue weighted by atomic mass is 16.3. The Labute approximate surface area is 122 Å². The van der Waals surface area contributed by atoms with Crippen LogP contribution in [0.5, 0.6) is 0 Å². The Bertz CT molecular complexity index is 596. The van der Waals surface area contributed by atoms with E-state index in [2.05, 4.69) is 15.0 Å². The van der Waals surface area contributed by atoms with Crippen molar-refractivity contribution in [1.82, 2.24) is 19.9 Å². The molecule has 0 unspecified atom stereocenters. The van der Waals surface area contributed by atoms with Crippen LogP contribution in [0.25, 0.3) is 11.0 Å². The van der Waals surface area contributed by atoms with Crippen molar-refractivity contribution in [1.29, 1.82) is 0 Å². The summed E-state index contributed by atoms with van der Waals surface area (Å²) in [6.45, 7) is 0.377. The summed E-state index contributed by atoms with van der Waals surface area (Å²) >= 11 is 0. The molecule has 114 valence electrons. The van der Waals surface area contributed by atoms with Crippen LogP contribution in [0.3, 0.4) is 0 Å². The fourth-order valence-corrected chi connectivity index (χ4v) is 1.74. The summed E-state index contributed by atoms with van der Waals surface area (Å²) < 4.78 is 0. The Morgan fingerprint density at radius 3 is 2.67 bits per heavy atom. The lowest BCUT2D eigenvalue weighted by Gasteiger charge is -2.19. The Morgan fingerprint density at radius 2 is 2.05 bits per heavy atom. The maximum atomic E-state index is 11.6. The van der Waals surface area contributed by atoms with E-state index >= 15 is 0 Å². The standard InChI is InChI=1S/C12H17N5O.CH2O2/c1-16(2)10(18)5-7-17(3)12-11-9(4-6-13-11)14-8-15-12;2-1-3/h4,6,8,13H,5,7H2,1-3H3;1H,(H,2,3). The lowest BCUT2D eigenvalue weighted by atomic mass is 10.3. The maximum Gasteiger partial charge on any atom is 0.290 e. The zero-order valence-corrected chi connectivity index (χ0v) is 12.3. The molecular formula is C13H19N5O3. The number of carboxylic acid groups (broad SMARTS) is 1. The highest BCUT2D eigenvalue weighted by molar-refractivity contribution is 5.86. The van der Waals surface area contributed by atoms with E-state index in [1.807, 2.05) is 24.2 Å². The molecule has 0 spiro atoms. The number of amides is 1. The number of nitrogens with one attached hydrogen (secondary N) is 1. The van der Waals surface area contributed by atoms with Gasteiger partial charge >= 0.3 is 0 Å². The minimum Gasteiger partial charge on any atom is -0.483 e. The van der Waals surface area contributed by atoms with Crippen LogP contribution in [-0.4, -0.2) is 65.0 Å². The van der Waals surface area contributed by atoms with Crippen LogP contribution < -0.4 is 4.90 Å². The molecule has 8 nitrogen and oxygen atoms in total. The Kier molecular flexibility index (Phi) is 6.12. The van der Waals surface area contributed by atoms with Gasteiger partial charge in [0.15, 0.2) is 5.82 Å². The van der Waals surface area contributed by atoms with Gasteiger partial charge in [-0.1, -0.05) is 0 Å². The average molecular weight is 293 g/mol. The summed E-state index contributed by atoms with van der Waals surface area (Å²) in [4.78, 5) is 35.0. The predicted molar refractivity (Wildman–Crippen MR) is 79.2 cm³/mol. The molecular weight excluding hydrogens is 274 g/mol. The van der Waals surface area contributed by atoms with Crippen molar-refractivity contribution in [2.24, 2.45) is 0 Å². The van der Waals surface area contributed by atoms with Gasteiger partial charge in [-0.2, -0.15) is 0 Å². The average Bonchev–Trinajstić information content (AvgIpc) is 2.93. The Balaban J connectivity index is 0.000000677. The van der Waals surface area contributed by atoms with E-state index in [1.54, 1.807) is 19.0 Å². The predicted octanol–water partition coefficient (Wildman–Crippen LogP) is 0.573. The van der Waals surface area contributed by atoms with Gasteiger partial charge in [0.25, 0.3) is 6.47 Å². The second-order valence-electron chi connectivity index (χ2n) is 4.50. The van der Waals surface area contributed by atoms with Crippen molar-refractivity contribution in [2.75, 3.05) is 32.6 Å². The fraction of sp³-hybridized carbons (Fsp3) is 0.385. The molecule has 2 rings (SSSR count). The molecule has 0 radical (unpaired) electrons. The Hall–Kier alpha value is -2.64. The highest BCUT2D eigenvalue weighted by Gasteiger charge is 2.11. The molecule has 0 aliphatic carbocycles. The molecule has 2 aromatic heterocycles. The third-order valence-corrected chi connectivity index (χ3v) is 2.85. The van der Waals surface area contributed by atoms with Crippen LogP contribution in [0.4, 0.5) is 5.82 Å². The van der Waals surface area contributed by atoms with Crippen molar-refractivity contribution < 1.29 is 14.7 Å². The van der Waals surface area contributed by atoms with Gasteiger partial charge in [-0.25, -0.2) is 9.97 Å². The molecule has 2 heterocycles. The molecule has 2 N–H and O–H groups in total. The zero-order valence-electron chi connectivity index (χ0n) is 12.3. The molecule has 8 heteroatoms. The quantitative estimate of drug-likeness (QED) is 0.799. The number of fused-ring (bicyclic) bond motifs is 1. The van der Waals surface area contributed by atoms with E-state index in [9.17, 15) is 4.79 Å². The number of anilines is 1. The van der Waals surface area contributed by atoms with E-state index in [4.69, 9.17) is 9.90 Å². The summed E-state index contributed by atoms with van der Waals surface area (Å²) in [5, 5.41) is 6.89. The Morgan fingerprint density at radius 1 is 1.38 bits per heavy atom. The van der Waals surface area contributed by atoms with Gasteiger partial charge in [0.05, 0.1) is 5.52 Å². The number of nitrogens with zero attached hydrogens (tertiary/aromatic N) is 4. The van der Waals surface area contributed by atoms with Crippen LogP contribution in [-0.2, 0) is 9.59 Å². The van der Waals surface area contributed by atoms with Crippen molar-refractivity contribution in [2.45, 2.75) is 6.42 Å². The first-order chi connectivity index (χ1) is 10.0. The third kappa shape index (κ3) is 4.44. The van der Waals surface area contributed by atoms with Gasteiger partial charge in [-0.15, -0.1) is 0 Å². The zero-order chi connectivity index (χ0) is 15.8. The SMILES string of the molecule is CN(C)C(=O)CCN(C)c1ncnc2cc[nH]c12.O=CO. The van der Waals surface area contributed by atoms with Gasteiger partial charge in [-0.05, 0) is 6.07 Å². The lowest BCUT2D eigenvalue weighted by Crippen LogP contribution is -2.28. The van der Waals surface area contributed by atoms with Crippen LogP contribution in [0.1, 0.15) is 6.42 Å². The molecule has 0 aliphatic rings. The molecule has 1 amide bonds. The molecule has 0 bridgehead atoms. The highest BCUT2D eigenvalue weighted by Crippen LogP contribution is 2.19. The normalized spacial score (nSPS) is 9.67. The monoisotopic (exact) mass is 293 g/mol. The third-order valence-electron chi connectivity index (χ3n) is 2.85. The van der Waals surface area contributed by atoms with Gasteiger partial charge < -0.3 is 19.9 Å². The molecule has 0 aromatic carbocycles. The van der Waals surface area contributed by atoms with E-state index in [1.165, 1.54) is 6.33 Å². The fourth-order valence-electron chi connectivity index (χ4n) is 1.74. The minimum atomic E-state index is -0.250. The first kappa shape index (κ1) is 16.4. The van der Waals surface area contributed by atoms with Gasteiger partial charge in [0, 0.05) is 40.3 Å². The number of hydrogen-bond donors (Lipinski definition) is 2. The second kappa shape index (κ2) is 7.83. The largest absolute Gasteiger partial charge is 0.483 e. The summed E-state index contributed by atoms with van der Waals surface area (Å²) in [7, 11) is 5.44. The van der Waals surface area contributed by atoms with Crippen LogP contribution in [0.15, 0.2) is 18.6 Å². The number of hydrogen-bond acceptors (Lipinski definition) is 5. The lowest BCUT2D eigenvalue weighted by molar-refractivity contribution is -0.128. The topological polar surface area (TPSA) is 102 Å². The molecule has 2 aromatic rings. The van der Waals surface area contributed by atoms with Crippen LogP contribution in [0.2, 0.25) is 0 Å². The van der Waals surface area contributed by atoms with E-state index in [0.717, 1.165) is 16.9 Å². The van der Waals surface area contributed by atoms with Crippen molar-refractivity contribution in [3.05, 3.63) is 18.6 Å². The van der Waals surface area contributed by atoms with Gasteiger partial charge in [0.1, 0.15) is 11.8 Å². The summed E-state index contributed by atoms with van der Waals surface area (Å²) in [6.07, 6.45) is 3.84. The summed E-state index contributed by atoms with van der Waals surface area (Å²) in [5.74, 6) is 0.926. The number of carbonyl (C=O) groups excluding carboxylic acids is 1. The summed E-state index contributed by atoms with van der Waals surface area (Å²) in [5.41, 5.74) is 1.78. The molecule has 0 atom stereocenters. The number of aromatic nitrogens is 3. The van der Waals surface area contributed by atoms with Crippen LogP contribution >= 0.6 is 0 Å². The van der Waals surface area contributed by atoms with E-state index in [-0.39, 0.29) is 12.4 Å². The van der Waals surface area contributed by atoms with Gasteiger partial charge in [0.2, 0.25) is 5.91 Å². The number of carbonyl (C=O) groups is 2. The van der Waals surface area contributed by atoms with Crippen molar-refractivity contribution in [3.63, 3.8) is 0 Å². The minimum absolute atomic E-state index is 0.110. The number of H-pyrrole nitrogens is 1. The summed E-state index contributed by atoms with van der Waals surface area (Å²) in [6, 6.07) is 1.90. The van der Waals surface area contributed by atoms with E-state index in [0.29, 0.717) is 13.0 Å². The molecule has 21 heavy (non-hydrogen) atoms. The molecule has 0 fully saturated rings. The first-order valence-corrected chi connectivity index (χ1v) is 6.28. The van der Waals surface area contributed by atoms with Gasteiger partial charge in [-0.3, -0.25) is 9.59 Å². The number of aromatic amines is 1. The maximum absolute atomic E-state index is 11.6. The molecule has 0 aliphatic heterocycles. The number of rotatable bonds is 4. The molecule has 0 saturated carbocycles. The molecule has 0 saturated heterocycles. The van der Waals surface area contributed by atoms with Crippen molar-refractivity contribution >= 4 is 29.2 Å². The van der Waals surface area contributed by atoms with Crippen molar-refractivity contribution in [3.8, 4) is 0 Å².